The molecule has 0 amide bonds. The molecule has 1 atom stereocenters. The van der Waals surface area contributed by atoms with Gasteiger partial charge in [0, 0.05) is 6.54 Å². The Morgan fingerprint density at radius 2 is 2.50 bits per heavy atom. The van der Waals surface area contributed by atoms with Crippen molar-refractivity contribution in [1.82, 2.24) is 20.2 Å². The van der Waals surface area contributed by atoms with Gasteiger partial charge in [0.25, 0.3) is 0 Å². The highest BCUT2D eigenvalue weighted by Gasteiger charge is 2.10. The highest BCUT2D eigenvalue weighted by atomic mass is 16.5. The Morgan fingerprint density at radius 3 is 3.07 bits per heavy atom. The van der Waals surface area contributed by atoms with Gasteiger partial charge in [-0.25, -0.2) is 4.68 Å². The van der Waals surface area contributed by atoms with E-state index < -0.39 is 12.1 Å². The maximum atomic E-state index is 10.8. The summed E-state index contributed by atoms with van der Waals surface area (Å²) in [7, 11) is 1.29. The third kappa shape index (κ3) is 3.48. The summed E-state index contributed by atoms with van der Waals surface area (Å²) in [5, 5.41) is 19.9. The van der Waals surface area contributed by atoms with E-state index in [2.05, 4.69) is 20.3 Å². The minimum atomic E-state index is -0.716. The SMILES string of the molecule is COC(=O)C[C@@H](O)CCn1cnnn1. The van der Waals surface area contributed by atoms with Crippen LogP contribution in [0.2, 0.25) is 0 Å². The Kier molecular flexibility index (Phi) is 3.99. The molecular formula is C7H12N4O3. The first-order valence-corrected chi connectivity index (χ1v) is 4.18. The van der Waals surface area contributed by atoms with Crippen LogP contribution in [0.4, 0.5) is 0 Å². The van der Waals surface area contributed by atoms with Crippen molar-refractivity contribution in [1.29, 1.82) is 0 Å². The molecule has 0 radical (unpaired) electrons. The number of carbonyl (C=O) groups is 1. The molecule has 0 saturated heterocycles. The van der Waals surface area contributed by atoms with Crippen LogP contribution in [0.1, 0.15) is 12.8 Å². The molecule has 0 bridgehead atoms. The van der Waals surface area contributed by atoms with Gasteiger partial charge in [0.1, 0.15) is 6.33 Å². The molecule has 1 rings (SSSR count). The van der Waals surface area contributed by atoms with Gasteiger partial charge in [-0.05, 0) is 16.8 Å². The summed E-state index contributed by atoms with van der Waals surface area (Å²) in [6, 6.07) is 0. The molecule has 1 heterocycles. The third-order valence-corrected chi connectivity index (χ3v) is 1.71. The first-order chi connectivity index (χ1) is 6.72. The minimum Gasteiger partial charge on any atom is -0.469 e. The lowest BCUT2D eigenvalue weighted by Gasteiger charge is -2.07. The summed E-state index contributed by atoms with van der Waals surface area (Å²) in [6.07, 6.45) is 1.15. The Balaban J connectivity index is 2.21. The number of aliphatic hydroxyl groups excluding tert-OH is 1. The van der Waals surface area contributed by atoms with Gasteiger partial charge in [-0.3, -0.25) is 4.79 Å². The van der Waals surface area contributed by atoms with Crippen molar-refractivity contribution < 1.29 is 14.6 Å². The van der Waals surface area contributed by atoms with Crippen molar-refractivity contribution in [3.8, 4) is 0 Å². The van der Waals surface area contributed by atoms with Crippen LogP contribution >= 0.6 is 0 Å². The van der Waals surface area contributed by atoms with Crippen molar-refractivity contribution in [3.05, 3.63) is 6.33 Å². The number of aryl methyl sites for hydroxylation is 1. The Morgan fingerprint density at radius 1 is 1.71 bits per heavy atom. The molecule has 0 aliphatic carbocycles. The standard InChI is InChI=1S/C7H12N4O3/c1-14-7(13)4-6(12)2-3-11-5-8-9-10-11/h5-6,12H,2-4H2,1H3/t6-/m0/s1. The van der Waals surface area contributed by atoms with Crippen LogP contribution in [-0.4, -0.2) is 44.5 Å². The lowest BCUT2D eigenvalue weighted by Crippen LogP contribution is -2.17. The number of ether oxygens (including phenoxy) is 1. The topological polar surface area (TPSA) is 90.1 Å². The second kappa shape index (κ2) is 5.28. The van der Waals surface area contributed by atoms with Crippen molar-refractivity contribution in [3.63, 3.8) is 0 Å². The van der Waals surface area contributed by atoms with Crippen molar-refractivity contribution >= 4 is 5.97 Å². The maximum absolute atomic E-state index is 10.8. The van der Waals surface area contributed by atoms with Gasteiger partial charge in [-0.1, -0.05) is 0 Å². The average Bonchev–Trinajstić information content (AvgIpc) is 2.67. The fourth-order valence-corrected chi connectivity index (χ4v) is 0.942. The normalized spacial score (nSPS) is 12.4. The molecule has 7 nitrogen and oxygen atoms in total. The van der Waals surface area contributed by atoms with Gasteiger partial charge in [-0.15, -0.1) is 5.10 Å². The highest BCUT2D eigenvalue weighted by Crippen LogP contribution is 2.00. The molecule has 0 spiro atoms. The number of methoxy groups -OCH3 is 1. The van der Waals surface area contributed by atoms with E-state index in [1.807, 2.05) is 0 Å². The zero-order chi connectivity index (χ0) is 10.4. The first kappa shape index (κ1) is 10.6. The number of nitrogens with zero attached hydrogens (tertiary/aromatic N) is 4. The molecule has 14 heavy (non-hydrogen) atoms. The molecule has 0 fully saturated rings. The number of hydrogen-bond acceptors (Lipinski definition) is 6. The molecule has 0 aliphatic rings. The number of carbonyl (C=O) groups excluding carboxylic acids is 1. The largest absolute Gasteiger partial charge is 0.469 e. The van der Waals surface area contributed by atoms with E-state index in [4.69, 9.17) is 0 Å². The van der Waals surface area contributed by atoms with Crippen LogP contribution in [0.15, 0.2) is 6.33 Å². The molecule has 0 aromatic carbocycles. The van der Waals surface area contributed by atoms with E-state index >= 15 is 0 Å². The Bertz CT molecular complexity index is 274. The number of tetrazole rings is 1. The van der Waals surface area contributed by atoms with Gasteiger partial charge in [0.05, 0.1) is 19.6 Å². The van der Waals surface area contributed by atoms with Gasteiger partial charge >= 0.3 is 5.97 Å². The molecule has 78 valence electrons. The third-order valence-electron chi connectivity index (χ3n) is 1.71. The maximum Gasteiger partial charge on any atom is 0.308 e. The van der Waals surface area contributed by atoms with Crippen LogP contribution in [0.5, 0.6) is 0 Å². The van der Waals surface area contributed by atoms with Crippen LogP contribution < -0.4 is 0 Å². The van der Waals surface area contributed by atoms with Crippen LogP contribution in [0, 0.1) is 0 Å². The number of hydrogen-bond donors (Lipinski definition) is 1. The summed E-state index contributed by atoms with van der Waals surface area (Å²) in [4.78, 5) is 10.8. The molecule has 7 heteroatoms. The summed E-state index contributed by atoms with van der Waals surface area (Å²) in [5.74, 6) is -0.422. The summed E-state index contributed by atoms with van der Waals surface area (Å²) in [6.45, 7) is 0.477. The first-order valence-electron chi connectivity index (χ1n) is 4.18. The van der Waals surface area contributed by atoms with Crippen molar-refractivity contribution in [2.45, 2.75) is 25.5 Å². The molecule has 1 aromatic rings. The second-order valence-electron chi connectivity index (χ2n) is 2.80. The minimum absolute atomic E-state index is 0.00136. The van der Waals surface area contributed by atoms with E-state index in [1.54, 1.807) is 0 Å². The lowest BCUT2D eigenvalue weighted by atomic mass is 10.2. The predicted octanol–water partition coefficient (Wildman–Crippen LogP) is -1.01. The monoisotopic (exact) mass is 200 g/mol. The van der Waals surface area contributed by atoms with Crippen LogP contribution in [0.25, 0.3) is 0 Å². The fourth-order valence-electron chi connectivity index (χ4n) is 0.942. The molecule has 1 aromatic heterocycles. The zero-order valence-electron chi connectivity index (χ0n) is 7.83. The second-order valence-corrected chi connectivity index (χ2v) is 2.80. The zero-order valence-corrected chi connectivity index (χ0v) is 7.83. The van der Waals surface area contributed by atoms with Crippen LogP contribution in [0.3, 0.4) is 0 Å². The van der Waals surface area contributed by atoms with E-state index in [0.717, 1.165) is 0 Å². The summed E-state index contributed by atoms with van der Waals surface area (Å²) >= 11 is 0. The summed E-state index contributed by atoms with van der Waals surface area (Å²) < 4.78 is 5.90. The van der Waals surface area contributed by atoms with Gasteiger partial charge in [-0.2, -0.15) is 0 Å². The number of rotatable bonds is 5. The summed E-state index contributed by atoms with van der Waals surface area (Å²) in [5.41, 5.74) is 0. The smallest absolute Gasteiger partial charge is 0.308 e. The quantitative estimate of drug-likeness (QED) is 0.612. The van der Waals surface area contributed by atoms with Crippen molar-refractivity contribution in [2.24, 2.45) is 0 Å². The fraction of sp³-hybridized carbons (Fsp3) is 0.714. The van der Waals surface area contributed by atoms with Crippen molar-refractivity contribution in [2.75, 3.05) is 7.11 Å². The van der Waals surface area contributed by atoms with E-state index in [9.17, 15) is 9.90 Å². The molecule has 0 unspecified atom stereocenters. The average molecular weight is 200 g/mol. The van der Waals surface area contributed by atoms with Crippen LogP contribution in [-0.2, 0) is 16.1 Å². The Labute approximate surface area is 80.7 Å². The number of aromatic nitrogens is 4. The molecular weight excluding hydrogens is 188 g/mol. The highest BCUT2D eigenvalue weighted by molar-refractivity contribution is 5.69. The van der Waals surface area contributed by atoms with Gasteiger partial charge in [0.2, 0.25) is 0 Å². The molecule has 1 N–H and O–H groups in total. The van der Waals surface area contributed by atoms with Gasteiger partial charge < -0.3 is 9.84 Å². The lowest BCUT2D eigenvalue weighted by molar-refractivity contribution is -0.142. The molecule has 0 aliphatic heterocycles. The van der Waals surface area contributed by atoms with Gasteiger partial charge in [0.15, 0.2) is 0 Å². The number of esters is 1. The Hall–Kier alpha value is -1.50. The van der Waals surface area contributed by atoms with E-state index in [1.165, 1.54) is 18.1 Å². The molecule has 0 saturated carbocycles. The number of aliphatic hydroxyl groups is 1. The van der Waals surface area contributed by atoms with E-state index in [-0.39, 0.29) is 6.42 Å². The predicted molar refractivity (Wildman–Crippen MR) is 45.1 cm³/mol. The van der Waals surface area contributed by atoms with E-state index in [0.29, 0.717) is 13.0 Å².